The van der Waals surface area contributed by atoms with Crippen LogP contribution in [0.1, 0.15) is 36.0 Å². The first kappa shape index (κ1) is 15.2. The average Bonchev–Trinajstić information content (AvgIpc) is 2.46. The summed E-state index contributed by atoms with van der Waals surface area (Å²) >= 11 is 0. The molecule has 3 N–H and O–H groups in total. The molecule has 6 heteroatoms. The number of amides is 1. The summed E-state index contributed by atoms with van der Waals surface area (Å²) in [6.07, 6.45) is 2.78. The number of methoxy groups -OCH3 is 1. The molecule has 114 valence electrons. The lowest BCUT2D eigenvalue weighted by molar-refractivity contribution is -0.146. The van der Waals surface area contributed by atoms with Gasteiger partial charge in [0.05, 0.1) is 13.0 Å². The predicted molar refractivity (Wildman–Crippen MR) is 75.0 cm³/mol. The summed E-state index contributed by atoms with van der Waals surface area (Å²) in [5, 5.41) is 21.6. The van der Waals surface area contributed by atoms with E-state index in [1.807, 2.05) is 0 Å². The van der Waals surface area contributed by atoms with Crippen molar-refractivity contribution in [3.63, 3.8) is 0 Å². The van der Waals surface area contributed by atoms with Crippen LogP contribution in [-0.4, -0.2) is 35.2 Å². The Kier molecular flexibility index (Phi) is 4.67. The van der Waals surface area contributed by atoms with Crippen LogP contribution in [0.4, 0.5) is 0 Å². The van der Waals surface area contributed by atoms with Gasteiger partial charge in [0.1, 0.15) is 11.5 Å². The van der Waals surface area contributed by atoms with Gasteiger partial charge in [0.25, 0.3) is 5.91 Å². The Hall–Kier alpha value is -2.24. The Morgan fingerprint density at radius 2 is 1.67 bits per heavy atom. The van der Waals surface area contributed by atoms with Crippen molar-refractivity contribution >= 4 is 11.9 Å². The highest BCUT2D eigenvalue weighted by atomic mass is 16.5. The second-order valence-corrected chi connectivity index (χ2v) is 5.28. The van der Waals surface area contributed by atoms with Gasteiger partial charge in [-0.3, -0.25) is 9.59 Å². The molecule has 0 aromatic heterocycles. The summed E-state index contributed by atoms with van der Waals surface area (Å²) < 4.78 is 4.72. The lowest BCUT2D eigenvalue weighted by atomic mass is 9.86. The highest BCUT2D eigenvalue weighted by Gasteiger charge is 2.27. The third-order valence-electron chi connectivity index (χ3n) is 3.76. The highest BCUT2D eigenvalue weighted by Crippen LogP contribution is 2.26. The molecule has 0 radical (unpaired) electrons. The van der Waals surface area contributed by atoms with Crippen LogP contribution < -0.4 is 5.32 Å². The Morgan fingerprint density at radius 3 is 2.19 bits per heavy atom. The predicted octanol–water partition coefficient (Wildman–Crippen LogP) is 1.56. The monoisotopic (exact) mass is 293 g/mol. The maximum Gasteiger partial charge on any atom is 0.308 e. The van der Waals surface area contributed by atoms with E-state index in [0.717, 1.165) is 0 Å². The van der Waals surface area contributed by atoms with E-state index < -0.39 is 0 Å². The molecular formula is C15H19NO5. The van der Waals surface area contributed by atoms with E-state index >= 15 is 0 Å². The first-order valence-electron chi connectivity index (χ1n) is 6.91. The number of nitrogens with one attached hydrogen (secondary N) is 1. The van der Waals surface area contributed by atoms with Crippen molar-refractivity contribution in [3.05, 3.63) is 23.8 Å². The van der Waals surface area contributed by atoms with Crippen molar-refractivity contribution in [2.45, 2.75) is 31.7 Å². The summed E-state index contributed by atoms with van der Waals surface area (Å²) in [5.41, 5.74) is 0.211. The normalized spacial score (nSPS) is 21.6. The highest BCUT2D eigenvalue weighted by molar-refractivity contribution is 5.95. The molecule has 0 aliphatic heterocycles. The van der Waals surface area contributed by atoms with Gasteiger partial charge in [-0.2, -0.15) is 0 Å². The zero-order chi connectivity index (χ0) is 15.4. The van der Waals surface area contributed by atoms with Crippen LogP contribution in [0.3, 0.4) is 0 Å². The van der Waals surface area contributed by atoms with Crippen LogP contribution >= 0.6 is 0 Å². The largest absolute Gasteiger partial charge is 0.508 e. The molecule has 1 aromatic rings. The van der Waals surface area contributed by atoms with Gasteiger partial charge in [-0.25, -0.2) is 0 Å². The minimum atomic E-state index is -0.345. The summed E-state index contributed by atoms with van der Waals surface area (Å²) in [6, 6.07) is 3.76. The van der Waals surface area contributed by atoms with E-state index in [-0.39, 0.29) is 40.9 Å². The van der Waals surface area contributed by atoms with Crippen molar-refractivity contribution in [2.75, 3.05) is 7.11 Å². The topological polar surface area (TPSA) is 95.9 Å². The van der Waals surface area contributed by atoms with Crippen LogP contribution in [-0.2, 0) is 9.53 Å². The second-order valence-electron chi connectivity index (χ2n) is 5.28. The number of carbonyl (C=O) groups excluding carboxylic acids is 2. The number of phenols is 2. The number of rotatable bonds is 3. The molecule has 21 heavy (non-hydrogen) atoms. The van der Waals surface area contributed by atoms with E-state index in [1.165, 1.54) is 25.3 Å². The van der Waals surface area contributed by atoms with Crippen molar-refractivity contribution < 1.29 is 24.5 Å². The lowest BCUT2D eigenvalue weighted by Crippen LogP contribution is -2.38. The van der Waals surface area contributed by atoms with E-state index in [4.69, 9.17) is 4.74 Å². The van der Waals surface area contributed by atoms with Crippen molar-refractivity contribution in [1.29, 1.82) is 0 Å². The van der Waals surface area contributed by atoms with Crippen molar-refractivity contribution in [1.82, 2.24) is 5.32 Å². The minimum absolute atomic E-state index is 0.0112. The molecule has 0 spiro atoms. The van der Waals surface area contributed by atoms with Gasteiger partial charge in [-0.1, -0.05) is 0 Å². The number of ether oxygens (including phenoxy) is 1. The molecular weight excluding hydrogens is 274 g/mol. The van der Waals surface area contributed by atoms with Gasteiger partial charge in [0.15, 0.2) is 0 Å². The first-order valence-corrected chi connectivity index (χ1v) is 6.91. The van der Waals surface area contributed by atoms with E-state index in [2.05, 4.69) is 5.32 Å². The lowest BCUT2D eigenvalue weighted by Gasteiger charge is -2.27. The molecule has 1 aromatic carbocycles. The standard InChI is InChI=1S/C15H19NO5/c1-21-15(20)9-2-4-11(5-3-9)16-14(19)10-6-12(17)8-13(18)7-10/h6-9,11,17-18H,2-5H2,1H3,(H,16,19). The molecule has 2 rings (SSSR count). The Balaban J connectivity index is 1.91. The Labute approximate surface area is 122 Å². The number of phenolic OH excluding ortho intramolecular Hbond substituents is 2. The molecule has 1 saturated carbocycles. The SMILES string of the molecule is COC(=O)C1CCC(NC(=O)c2cc(O)cc(O)c2)CC1. The van der Waals surface area contributed by atoms with Crippen LogP contribution in [0.2, 0.25) is 0 Å². The van der Waals surface area contributed by atoms with Gasteiger partial charge in [0.2, 0.25) is 0 Å². The van der Waals surface area contributed by atoms with Crippen LogP contribution in [0.15, 0.2) is 18.2 Å². The minimum Gasteiger partial charge on any atom is -0.508 e. The smallest absolute Gasteiger partial charge is 0.308 e. The number of carbonyl (C=O) groups is 2. The van der Waals surface area contributed by atoms with E-state index in [9.17, 15) is 19.8 Å². The third-order valence-corrected chi connectivity index (χ3v) is 3.76. The van der Waals surface area contributed by atoms with Gasteiger partial charge < -0.3 is 20.3 Å². The summed E-state index contributed by atoms with van der Waals surface area (Å²) in [5.74, 6) is -0.947. The number of benzene rings is 1. The van der Waals surface area contributed by atoms with Gasteiger partial charge in [-0.05, 0) is 37.8 Å². The fourth-order valence-electron chi connectivity index (χ4n) is 2.64. The number of hydrogen-bond acceptors (Lipinski definition) is 5. The molecule has 1 amide bonds. The molecule has 6 nitrogen and oxygen atoms in total. The fraction of sp³-hybridized carbons (Fsp3) is 0.467. The fourth-order valence-corrected chi connectivity index (χ4v) is 2.64. The molecule has 0 bridgehead atoms. The molecule has 1 fully saturated rings. The van der Waals surface area contributed by atoms with Gasteiger partial charge in [-0.15, -0.1) is 0 Å². The van der Waals surface area contributed by atoms with E-state index in [1.54, 1.807) is 0 Å². The summed E-state index contributed by atoms with van der Waals surface area (Å²) in [7, 11) is 1.38. The maximum absolute atomic E-state index is 12.1. The molecule has 0 atom stereocenters. The average molecular weight is 293 g/mol. The summed E-state index contributed by atoms with van der Waals surface area (Å²) in [6.45, 7) is 0. The Bertz CT molecular complexity index is 515. The Morgan fingerprint density at radius 1 is 1.10 bits per heavy atom. The molecule has 0 unspecified atom stereocenters. The van der Waals surface area contributed by atoms with Crippen molar-refractivity contribution in [2.24, 2.45) is 5.92 Å². The third kappa shape index (κ3) is 3.87. The van der Waals surface area contributed by atoms with Gasteiger partial charge >= 0.3 is 5.97 Å². The van der Waals surface area contributed by atoms with Crippen LogP contribution in [0.5, 0.6) is 11.5 Å². The molecule has 0 saturated heterocycles. The zero-order valence-electron chi connectivity index (χ0n) is 11.8. The molecule has 1 aliphatic rings. The quantitative estimate of drug-likeness (QED) is 0.735. The number of hydrogen-bond donors (Lipinski definition) is 3. The van der Waals surface area contributed by atoms with E-state index in [0.29, 0.717) is 25.7 Å². The molecule has 1 aliphatic carbocycles. The number of aromatic hydroxyl groups is 2. The summed E-state index contributed by atoms with van der Waals surface area (Å²) in [4.78, 5) is 23.5. The second kappa shape index (κ2) is 6.47. The zero-order valence-corrected chi connectivity index (χ0v) is 11.8. The van der Waals surface area contributed by atoms with Gasteiger partial charge in [0, 0.05) is 17.7 Å². The van der Waals surface area contributed by atoms with Crippen molar-refractivity contribution in [3.8, 4) is 11.5 Å². The maximum atomic E-state index is 12.1. The molecule has 0 heterocycles. The first-order chi connectivity index (χ1) is 9.99. The number of esters is 1. The van der Waals surface area contributed by atoms with Crippen LogP contribution in [0, 0.1) is 5.92 Å². The van der Waals surface area contributed by atoms with Crippen LogP contribution in [0.25, 0.3) is 0 Å².